The molecule has 1 aromatic carbocycles. The zero-order valence-corrected chi connectivity index (χ0v) is 11.4. The number of oxime groups is 1. The fraction of sp³-hybridized carbons (Fsp3) is 0.429. The zero-order valence-electron chi connectivity index (χ0n) is 11.4. The maximum Gasteiger partial charge on any atom is 0.240 e. The Morgan fingerprint density at radius 3 is 2.74 bits per heavy atom. The second-order valence-corrected chi connectivity index (χ2v) is 5.47. The second kappa shape index (κ2) is 4.57. The highest BCUT2D eigenvalue weighted by Crippen LogP contribution is 2.35. The third-order valence-corrected chi connectivity index (χ3v) is 3.71. The third kappa shape index (κ3) is 2.05. The molecule has 1 amide bonds. The number of rotatable bonds is 2. The molecule has 0 aromatic heterocycles. The van der Waals surface area contributed by atoms with E-state index >= 15 is 0 Å². The second-order valence-electron chi connectivity index (χ2n) is 5.47. The van der Waals surface area contributed by atoms with Gasteiger partial charge in [0.15, 0.2) is 5.84 Å². The normalized spacial score (nSPS) is 19.4. The molecule has 0 bridgehead atoms. The fourth-order valence-electron chi connectivity index (χ4n) is 2.41. The number of hydrogen-bond donors (Lipinski definition) is 2. The summed E-state index contributed by atoms with van der Waals surface area (Å²) in [5.41, 5.74) is 6.68. The van der Waals surface area contributed by atoms with E-state index in [1.165, 1.54) is 0 Å². The van der Waals surface area contributed by atoms with Crippen molar-refractivity contribution < 1.29 is 10.0 Å². The van der Waals surface area contributed by atoms with Crippen LogP contribution in [0.5, 0.6) is 0 Å². The molecule has 0 aliphatic carbocycles. The first-order valence-electron chi connectivity index (χ1n) is 6.29. The summed E-state index contributed by atoms with van der Waals surface area (Å²) in [7, 11) is 0. The summed E-state index contributed by atoms with van der Waals surface area (Å²) >= 11 is 0. The van der Waals surface area contributed by atoms with Crippen LogP contribution in [-0.2, 0) is 11.2 Å². The van der Waals surface area contributed by atoms with E-state index in [9.17, 15) is 4.79 Å². The molecule has 1 heterocycles. The molecule has 5 nitrogen and oxygen atoms in total. The van der Waals surface area contributed by atoms with Crippen LogP contribution in [-0.4, -0.2) is 23.0 Å². The van der Waals surface area contributed by atoms with Crippen molar-refractivity contribution in [3.05, 3.63) is 29.8 Å². The van der Waals surface area contributed by atoms with Gasteiger partial charge in [-0.15, -0.1) is 0 Å². The minimum absolute atomic E-state index is 0.0749. The first-order valence-corrected chi connectivity index (χ1v) is 6.29. The fourth-order valence-corrected chi connectivity index (χ4v) is 2.41. The van der Waals surface area contributed by atoms with Gasteiger partial charge in [0.2, 0.25) is 5.91 Å². The van der Waals surface area contributed by atoms with Crippen LogP contribution in [0.1, 0.15) is 26.3 Å². The van der Waals surface area contributed by atoms with Gasteiger partial charge in [0.1, 0.15) is 5.41 Å². The lowest BCUT2D eigenvalue weighted by atomic mass is 9.89. The summed E-state index contributed by atoms with van der Waals surface area (Å²) in [6, 6.07) is 7.91. The third-order valence-electron chi connectivity index (χ3n) is 3.71. The maximum absolute atomic E-state index is 12.7. The lowest BCUT2D eigenvalue weighted by molar-refractivity contribution is -0.124. The van der Waals surface area contributed by atoms with Crippen LogP contribution in [0.2, 0.25) is 0 Å². The van der Waals surface area contributed by atoms with Gasteiger partial charge in [0, 0.05) is 11.7 Å². The Kier molecular flexibility index (Phi) is 3.22. The Hall–Kier alpha value is -2.04. The number of carbonyl (C=O) groups excluding carboxylic acids is 1. The number of amides is 1. The predicted molar refractivity (Wildman–Crippen MR) is 74.3 cm³/mol. The SMILES string of the molecule is CC1Cc2ccccc2N1C(=O)C(C)(C)C(N)=NO. The van der Waals surface area contributed by atoms with E-state index in [2.05, 4.69) is 5.16 Å². The van der Waals surface area contributed by atoms with Gasteiger partial charge in [-0.25, -0.2) is 0 Å². The number of carbonyl (C=O) groups is 1. The van der Waals surface area contributed by atoms with E-state index in [0.29, 0.717) is 0 Å². The number of anilines is 1. The van der Waals surface area contributed by atoms with E-state index in [0.717, 1.165) is 17.7 Å². The van der Waals surface area contributed by atoms with E-state index in [1.54, 1.807) is 18.7 Å². The van der Waals surface area contributed by atoms with Crippen molar-refractivity contribution in [2.24, 2.45) is 16.3 Å². The highest BCUT2D eigenvalue weighted by Gasteiger charge is 2.41. The highest BCUT2D eigenvalue weighted by molar-refractivity contribution is 6.13. The van der Waals surface area contributed by atoms with Crippen LogP contribution in [0.4, 0.5) is 5.69 Å². The summed E-state index contributed by atoms with van der Waals surface area (Å²) < 4.78 is 0. The van der Waals surface area contributed by atoms with Gasteiger partial charge in [-0.1, -0.05) is 23.4 Å². The Bertz CT molecular complexity index is 537. The number of para-hydroxylation sites is 1. The zero-order chi connectivity index (χ0) is 14.2. The molecule has 2 rings (SSSR count). The van der Waals surface area contributed by atoms with Crippen LogP contribution >= 0.6 is 0 Å². The average Bonchev–Trinajstić information content (AvgIpc) is 2.72. The number of nitrogens with zero attached hydrogens (tertiary/aromatic N) is 2. The molecule has 19 heavy (non-hydrogen) atoms. The number of hydrogen-bond acceptors (Lipinski definition) is 3. The molecular weight excluding hydrogens is 242 g/mol. The first kappa shape index (κ1) is 13.4. The molecular formula is C14H19N3O2. The Morgan fingerprint density at radius 2 is 2.11 bits per heavy atom. The van der Waals surface area contributed by atoms with Crippen molar-refractivity contribution in [3.63, 3.8) is 0 Å². The summed E-state index contributed by atoms with van der Waals surface area (Å²) in [5, 5.41) is 11.8. The van der Waals surface area contributed by atoms with Crippen molar-refractivity contribution in [1.29, 1.82) is 0 Å². The Balaban J connectivity index is 2.40. The minimum atomic E-state index is -1.03. The lowest BCUT2D eigenvalue weighted by Gasteiger charge is -2.31. The van der Waals surface area contributed by atoms with Crippen molar-refractivity contribution >= 4 is 17.4 Å². The maximum atomic E-state index is 12.7. The summed E-state index contributed by atoms with van der Waals surface area (Å²) in [4.78, 5) is 14.4. The van der Waals surface area contributed by atoms with Crippen LogP contribution in [0.3, 0.4) is 0 Å². The largest absolute Gasteiger partial charge is 0.409 e. The van der Waals surface area contributed by atoms with Gasteiger partial charge in [-0.3, -0.25) is 4.79 Å². The molecule has 1 aromatic rings. The average molecular weight is 261 g/mol. The smallest absolute Gasteiger partial charge is 0.240 e. The van der Waals surface area contributed by atoms with E-state index < -0.39 is 5.41 Å². The summed E-state index contributed by atoms with van der Waals surface area (Å²) in [6.45, 7) is 5.33. The first-order chi connectivity index (χ1) is 8.89. The number of benzene rings is 1. The topological polar surface area (TPSA) is 78.9 Å². The molecule has 3 N–H and O–H groups in total. The molecule has 0 saturated carbocycles. The molecule has 1 aliphatic rings. The van der Waals surface area contributed by atoms with Gasteiger partial charge in [-0.2, -0.15) is 0 Å². The highest BCUT2D eigenvalue weighted by atomic mass is 16.4. The van der Waals surface area contributed by atoms with Gasteiger partial charge in [0.25, 0.3) is 0 Å². The van der Waals surface area contributed by atoms with Crippen LogP contribution in [0, 0.1) is 5.41 Å². The van der Waals surface area contributed by atoms with E-state index in [-0.39, 0.29) is 17.8 Å². The Labute approximate surface area is 112 Å². The molecule has 1 atom stereocenters. The summed E-state index contributed by atoms with van der Waals surface area (Å²) in [6.07, 6.45) is 0.828. The molecule has 1 unspecified atom stereocenters. The van der Waals surface area contributed by atoms with Crippen LogP contribution in [0.15, 0.2) is 29.4 Å². The lowest BCUT2D eigenvalue weighted by Crippen LogP contribution is -2.50. The molecule has 102 valence electrons. The standard InChI is InChI=1S/C14H19N3O2/c1-9-8-10-6-4-5-7-11(10)17(9)13(18)14(2,3)12(15)16-19/h4-7,9,19H,8H2,1-3H3,(H2,15,16). The van der Waals surface area contributed by atoms with E-state index in [4.69, 9.17) is 10.9 Å². The molecule has 1 aliphatic heterocycles. The molecule has 0 fully saturated rings. The van der Waals surface area contributed by atoms with Crippen molar-refractivity contribution in [3.8, 4) is 0 Å². The van der Waals surface area contributed by atoms with Gasteiger partial charge in [0.05, 0.1) is 0 Å². The molecule has 0 spiro atoms. The number of nitrogens with two attached hydrogens (primary N) is 1. The van der Waals surface area contributed by atoms with Gasteiger partial charge < -0.3 is 15.8 Å². The molecule has 0 radical (unpaired) electrons. The van der Waals surface area contributed by atoms with Gasteiger partial charge >= 0.3 is 0 Å². The molecule has 0 saturated heterocycles. The van der Waals surface area contributed by atoms with Crippen molar-refractivity contribution in [2.45, 2.75) is 33.2 Å². The van der Waals surface area contributed by atoms with Crippen LogP contribution in [0.25, 0.3) is 0 Å². The number of amidine groups is 1. The van der Waals surface area contributed by atoms with Gasteiger partial charge in [-0.05, 0) is 38.8 Å². The quantitative estimate of drug-likeness (QED) is 0.368. The van der Waals surface area contributed by atoms with Crippen molar-refractivity contribution in [2.75, 3.05) is 4.90 Å². The molecule has 5 heteroatoms. The minimum Gasteiger partial charge on any atom is -0.409 e. The predicted octanol–water partition coefficient (Wildman–Crippen LogP) is 1.74. The van der Waals surface area contributed by atoms with Crippen molar-refractivity contribution in [1.82, 2.24) is 0 Å². The monoisotopic (exact) mass is 261 g/mol. The summed E-state index contributed by atoms with van der Waals surface area (Å²) in [5.74, 6) is -0.227. The number of fused-ring (bicyclic) bond motifs is 1. The van der Waals surface area contributed by atoms with E-state index in [1.807, 2.05) is 31.2 Å². The van der Waals surface area contributed by atoms with Crippen LogP contribution < -0.4 is 10.6 Å². The Morgan fingerprint density at radius 1 is 1.47 bits per heavy atom.